The maximum absolute atomic E-state index is 5.53. The number of aromatic nitrogens is 2. The zero-order valence-corrected chi connectivity index (χ0v) is 8.31. The van der Waals surface area contributed by atoms with Gasteiger partial charge in [0.1, 0.15) is 5.82 Å². The monoisotopic (exact) mass is 209 g/mol. The van der Waals surface area contributed by atoms with Crippen molar-refractivity contribution in [2.75, 3.05) is 5.73 Å². The van der Waals surface area contributed by atoms with Crippen LogP contribution in [0.2, 0.25) is 0 Å². The number of nitrogens with two attached hydrogens (primary N) is 1. The van der Waals surface area contributed by atoms with Crippen LogP contribution < -0.4 is 5.73 Å². The molecule has 2 aromatic rings. The highest BCUT2D eigenvalue weighted by Crippen LogP contribution is 2.28. The summed E-state index contributed by atoms with van der Waals surface area (Å²) in [6, 6.07) is 5.71. The Hall–Kier alpha value is -1.07. The second-order valence-electron chi connectivity index (χ2n) is 2.30. The first-order valence-electron chi connectivity index (χ1n) is 3.64. The second-order valence-corrected chi connectivity index (χ2v) is 4.51. The Morgan fingerprint density at radius 2 is 2.31 bits per heavy atom. The van der Waals surface area contributed by atoms with Gasteiger partial charge in [0.15, 0.2) is 5.16 Å². The van der Waals surface area contributed by atoms with Crippen molar-refractivity contribution in [1.82, 2.24) is 9.97 Å². The van der Waals surface area contributed by atoms with Gasteiger partial charge >= 0.3 is 0 Å². The zero-order valence-electron chi connectivity index (χ0n) is 6.68. The van der Waals surface area contributed by atoms with Gasteiger partial charge in [-0.25, -0.2) is 9.97 Å². The minimum absolute atomic E-state index is 0.508. The van der Waals surface area contributed by atoms with E-state index in [1.54, 1.807) is 23.6 Å². The van der Waals surface area contributed by atoms with E-state index in [0.717, 1.165) is 0 Å². The lowest BCUT2D eigenvalue weighted by molar-refractivity contribution is 0.977. The Labute approximate surface area is 84.0 Å². The van der Waals surface area contributed by atoms with Gasteiger partial charge in [0.25, 0.3) is 0 Å². The van der Waals surface area contributed by atoms with E-state index in [2.05, 4.69) is 9.97 Å². The highest BCUT2D eigenvalue weighted by atomic mass is 32.2. The van der Waals surface area contributed by atoms with Crippen LogP contribution in [0.4, 0.5) is 5.82 Å². The molecule has 2 aromatic heterocycles. The van der Waals surface area contributed by atoms with Gasteiger partial charge in [0.2, 0.25) is 0 Å². The number of anilines is 1. The summed E-state index contributed by atoms with van der Waals surface area (Å²) in [6.07, 6.45) is 1.66. The molecule has 0 unspecified atom stereocenters. The van der Waals surface area contributed by atoms with Crippen LogP contribution in [0.25, 0.3) is 0 Å². The number of hydrogen-bond acceptors (Lipinski definition) is 5. The molecule has 0 spiro atoms. The molecule has 3 nitrogen and oxygen atoms in total. The van der Waals surface area contributed by atoms with Gasteiger partial charge in [-0.1, -0.05) is 6.07 Å². The predicted octanol–water partition coefficient (Wildman–Crippen LogP) is 2.27. The van der Waals surface area contributed by atoms with Crippen molar-refractivity contribution in [3.8, 4) is 0 Å². The maximum atomic E-state index is 5.53. The third-order valence-corrected chi connectivity index (χ3v) is 3.26. The molecule has 2 N–H and O–H groups in total. The number of nitrogen functional groups attached to an aromatic ring is 1. The van der Waals surface area contributed by atoms with Crippen LogP contribution in [0.1, 0.15) is 0 Å². The van der Waals surface area contributed by atoms with E-state index in [0.29, 0.717) is 11.0 Å². The van der Waals surface area contributed by atoms with Crippen LogP contribution in [0, 0.1) is 0 Å². The molecule has 0 saturated heterocycles. The molecule has 2 rings (SSSR count). The second kappa shape index (κ2) is 3.76. The van der Waals surface area contributed by atoms with Crippen LogP contribution in [-0.4, -0.2) is 9.97 Å². The number of thiophene rings is 1. The molecular weight excluding hydrogens is 202 g/mol. The predicted molar refractivity (Wildman–Crippen MR) is 54.9 cm³/mol. The number of rotatable bonds is 2. The molecule has 0 radical (unpaired) electrons. The molecule has 0 fully saturated rings. The fourth-order valence-electron chi connectivity index (χ4n) is 0.815. The molecule has 0 aliphatic carbocycles. The molecule has 0 aliphatic rings. The van der Waals surface area contributed by atoms with E-state index in [9.17, 15) is 0 Å². The van der Waals surface area contributed by atoms with Crippen molar-refractivity contribution >= 4 is 28.9 Å². The Balaban J connectivity index is 2.19. The van der Waals surface area contributed by atoms with Crippen molar-refractivity contribution in [3.05, 3.63) is 29.8 Å². The topological polar surface area (TPSA) is 51.8 Å². The number of hydrogen-bond donors (Lipinski definition) is 1. The Kier molecular flexibility index (Phi) is 2.47. The molecule has 0 amide bonds. The fraction of sp³-hybridized carbons (Fsp3) is 0. The van der Waals surface area contributed by atoms with Crippen LogP contribution in [0.5, 0.6) is 0 Å². The molecule has 0 bridgehead atoms. The lowest BCUT2D eigenvalue weighted by Crippen LogP contribution is -1.92. The SMILES string of the molecule is Nc1ccnc(Sc2cccs2)n1. The van der Waals surface area contributed by atoms with Crippen LogP contribution in [-0.2, 0) is 0 Å². The van der Waals surface area contributed by atoms with E-state index < -0.39 is 0 Å². The molecule has 0 aromatic carbocycles. The summed E-state index contributed by atoms with van der Waals surface area (Å²) in [7, 11) is 0. The summed E-state index contributed by atoms with van der Waals surface area (Å²) in [6.45, 7) is 0. The first-order valence-corrected chi connectivity index (χ1v) is 5.34. The van der Waals surface area contributed by atoms with Gasteiger partial charge in [-0.05, 0) is 29.3 Å². The first kappa shape index (κ1) is 8.52. The summed E-state index contributed by atoms with van der Waals surface area (Å²) >= 11 is 3.19. The van der Waals surface area contributed by atoms with Gasteiger partial charge in [0.05, 0.1) is 4.21 Å². The fourth-order valence-corrected chi connectivity index (χ4v) is 2.44. The van der Waals surface area contributed by atoms with Crippen molar-refractivity contribution in [2.45, 2.75) is 9.37 Å². The summed E-state index contributed by atoms with van der Waals surface area (Å²) in [5, 5.41) is 2.72. The third kappa shape index (κ3) is 2.19. The van der Waals surface area contributed by atoms with Crippen molar-refractivity contribution in [1.29, 1.82) is 0 Å². The average Bonchev–Trinajstić information content (AvgIpc) is 2.57. The van der Waals surface area contributed by atoms with E-state index in [-0.39, 0.29) is 0 Å². The van der Waals surface area contributed by atoms with Crippen molar-refractivity contribution in [3.63, 3.8) is 0 Å². The van der Waals surface area contributed by atoms with Gasteiger partial charge in [0, 0.05) is 6.20 Å². The lowest BCUT2D eigenvalue weighted by atomic mass is 10.6. The van der Waals surface area contributed by atoms with Crippen LogP contribution in [0.15, 0.2) is 39.1 Å². The highest BCUT2D eigenvalue weighted by Gasteiger charge is 2.00. The zero-order chi connectivity index (χ0) is 9.10. The van der Waals surface area contributed by atoms with Crippen molar-refractivity contribution in [2.24, 2.45) is 0 Å². The highest BCUT2D eigenvalue weighted by molar-refractivity contribution is 8.01. The summed E-state index contributed by atoms with van der Waals surface area (Å²) < 4.78 is 1.17. The van der Waals surface area contributed by atoms with Crippen LogP contribution >= 0.6 is 23.1 Å². The Morgan fingerprint density at radius 3 is 3.00 bits per heavy atom. The largest absolute Gasteiger partial charge is 0.384 e. The van der Waals surface area contributed by atoms with E-state index in [1.165, 1.54) is 16.0 Å². The minimum atomic E-state index is 0.508. The molecular formula is C8H7N3S2. The first-order chi connectivity index (χ1) is 6.34. The van der Waals surface area contributed by atoms with Crippen LogP contribution in [0.3, 0.4) is 0 Å². The van der Waals surface area contributed by atoms with E-state index >= 15 is 0 Å². The van der Waals surface area contributed by atoms with Gasteiger partial charge in [-0.15, -0.1) is 11.3 Å². The summed E-state index contributed by atoms with van der Waals surface area (Å²) in [5.74, 6) is 0.508. The molecule has 66 valence electrons. The smallest absolute Gasteiger partial charge is 0.195 e. The van der Waals surface area contributed by atoms with Gasteiger partial charge < -0.3 is 5.73 Å². The van der Waals surface area contributed by atoms with Crippen molar-refractivity contribution < 1.29 is 0 Å². The lowest BCUT2D eigenvalue weighted by Gasteiger charge is -1.96. The molecule has 13 heavy (non-hydrogen) atoms. The summed E-state index contributed by atoms with van der Waals surface area (Å²) in [4.78, 5) is 8.18. The third-order valence-electron chi connectivity index (χ3n) is 1.34. The van der Waals surface area contributed by atoms with Gasteiger partial charge in [-0.3, -0.25) is 0 Å². The Bertz CT molecular complexity index is 386. The molecule has 0 saturated carbocycles. The quantitative estimate of drug-likeness (QED) is 0.771. The standard InChI is InChI=1S/C8H7N3S2/c9-6-3-4-10-8(11-6)13-7-2-1-5-12-7/h1-5H,(H2,9,10,11). The Morgan fingerprint density at radius 1 is 1.38 bits per heavy atom. The van der Waals surface area contributed by atoms with E-state index in [1.807, 2.05) is 17.5 Å². The molecule has 2 heterocycles. The normalized spacial score (nSPS) is 10.2. The average molecular weight is 209 g/mol. The molecule has 5 heteroatoms. The number of nitrogens with zero attached hydrogens (tertiary/aromatic N) is 2. The molecule has 0 atom stereocenters. The minimum Gasteiger partial charge on any atom is -0.384 e. The van der Waals surface area contributed by atoms with Gasteiger partial charge in [-0.2, -0.15) is 0 Å². The maximum Gasteiger partial charge on any atom is 0.195 e. The van der Waals surface area contributed by atoms with E-state index in [4.69, 9.17) is 5.73 Å². The molecule has 0 aliphatic heterocycles. The summed E-state index contributed by atoms with van der Waals surface area (Å²) in [5.41, 5.74) is 5.53.